The summed E-state index contributed by atoms with van der Waals surface area (Å²) < 4.78 is 23.8. The van der Waals surface area contributed by atoms with Crippen LogP contribution in [0.1, 0.15) is 6.42 Å². The van der Waals surface area contributed by atoms with Crippen molar-refractivity contribution in [2.75, 3.05) is 6.67 Å². The first-order valence-corrected chi connectivity index (χ1v) is 2.49. The molecule has 6 nitrogen and oxygen atoms in total. The molecule has 64 valence electrons. The summed E-state index contributed by atoms with van der Waals surface area (Å²) in [6.07, 6.45) is -1.37. The predicted molar refractivity (Wildman–Crippen MR) is 28.4 cm³/mol. The molecule has 0 aliphatic carbocycles. The van der Waals surface area contributed by atoms with Crippen LogP contribution in [0.4, 0.5) is 8.78 Å². The van der Waals surface area contributed by atoms with Crippen LogP contribution in [0.3, 0.4) is 0 Å². The largest absolute Gasteiger partial charge is 0.616 e. The minimum absolute atomic E-state index is 1.37. The van der Waals surface area contributed by atoms with Gasteiger partial charge in [0.2, 0.25) is 0 Å². The van der Waals surface area contributed by atoms with Gasteiger partial charge in [-0.05, 0) is 0 Å². The highest BCUT2D eigenvalue weighted by atomic mass is 19.2. The Labute approximate surface area is 59.1 Å². The van der Waals surface area contributed by atoms with E-state index in [1.54, 1.807) is 0 Å². The third-order valence-electron chi connectivity index (χ3n) is 0.972. The summed E-state index contributed by atoms with van der Waals surface area (Å²) in [5, 5.41) is 19.3. The van der Waals surface area contributed by atoms with Crippen molar-refractivity contribution in [3.8, 4) is 0 Å². The van der Waals surface area contributed by atoms with Crippen LogP contribution < -0.4 is 0 Å². The van der Waals surface area contributed by atoms with E-state index in [9.17, 15) is 29.0 Å². The van der Waals surface area contributed by atoms with Crippen molar-refractivity contribution >= 4 is 0 Å². The first-order valence-electron chi connectivity index (χ1n) is 2.49. The van der Waals surface area contributed by atoms with Gasteiger partial charge in [-0.1, -0.05) is 4.39 Å². The SMILES string of the molecule is O=[N+]([O-])C(F)(CCF)[N+](=O)[O-]. The predicted octanol–water partition coefficient (Wildman–Crippen LogP) is 0.523. The molecule has 0 aliphatic rings. The number of nitro groups is 2. The van der Waals surface area contributed by atoms with Crippen LogP contribution in [-0.2, 0) is 0 Å². The van der Waals surface area contributed by atoms with Crippen LogP contribution in [0.15, 0.2) is 0 Å². The zero-order chi connectivity index (χ0) is 9.07. The van der Waals surface area contributed by atoms with E-state index in [0.29, 0.717) is 0 Å². The smallest absolute Gasteiger partial charge is 0.256 e. The average Bonchev–Trinajstić information content (AvgIpc) is 1.87. The van der Waals surface area contributed by atoms with Crippen LogP contribution in [0.2, 0.25) is 0 Å². The summed E-state index contributed by atoms with van der Waals surface area (Å²) in [4.78, 5) is 15.8. The van der Waals surface area contributed by atoms with Crippen molar-refractivity contribution in [2.45, 2.75) is 12.3 Å². The Kier molecular flexibility index (Phi) is 2.78. The fraction of sp³-hybridized carbons (Fsp3) is 1.00. The maximum atomic E-state index is 12.4. The van der Waals surface area contributed by atoms with Gasteiger partial charge in [0.15, 0.2) is 6.42 Å². The minimum atomic E-state index is -3.88. The Bertz CT molecular complexity index is 170. The molecule has 0 aromatic rings. The second kappa shape index (κ2) is 3.17. The molecule has 0 radical (unpaired) electrons. The van der Waals surface area contributed by atoms with Crippen molar-refractivity contribution in [3.05, 3.63) is 20.2 Å². The van der Waals surface area contributed by atoms with E-state index < -0.39 is 28.9 Å². The lowest BCUT2D eigenvalue weighted by Crippen LogP contribution is -2.42. The van der Waals surface area contributed by atoms with E-state index in [4.69, 9.17) is 0 Å². The molecule has 0 heterocycles. The van der Waals surface area contributed by atoms with Gasteiger partial charge in [-0.25, -0.2) is 0 Å². The molecule has 0 rings (SSSR count). The van der Waals surface area contributed by atoms with Crippen LogP contribution in [0.5, 0.6) is 0 Å². The molecule has 0 fully saturated rings. The third-order valence-corrected chi connectivity index (χ3v) is 0.972. The number of halogens is 2. The molecule has 11 heavy (non-hydrogen) atoms. The molecule has 0 spiro atoms. The quantitative estimate of drug-likeness (QED) is 0.266. The van der Waals surface area contributed by atoms with Crippen LogP contribution in [0, 0.1) is 20.2 Å². The maximum Gasteiger partial charge on any atom is 0.616 e. The van der Waals surface area contributed by atoms with Gasteiger partial charge in [-0.15, -0.1) is 0 Å². The van der Waals surface area contributed by atoms with Crippen LogP contribution >= 0.6 is 0 Å². The number of hydrogen-bond acceptors (Lipinski definition) is 4. The molecule has 0 atom stereocenters. The highest BCUT2D eigenvalue weighted by Gasteiger charge is 2.57. The molecule has 0 aromatic heterocycles. The zero-order valence-corrected chi connectivity index (χ0v) is 5.20. The average molecular weight is 170 g/mol. The van der Waals surface area contributed by atoms with Gasteiger partial charge in [0.05, 0.1) is 0 Å². The number of hydrogen-bond donors (Lipinski definition) is 0. The topological polar surface area (TPSA) is 86.3 Å². The molecule has 0 aromatic carbocycles. The van der Waals surface area contributed by atoms with E-state index in [0.717, 1.165) is 0 Å². The van der Waals surface area contributed by atoms with Gasteiger partial charge in [0.1, 0.15) is 16.5 Å². The minimum Gasteiger partial charge on any atom is -0.256 e. The van der Waals surface area contributed by atoms with E-state index >= 15 is 0 Å². The Balaban J connectivity index is 4.52. The monoisotopic (exact) mass is 170 g/mol. The molecular formula is C3H4F2N2O4. The van der Waals surface area contributed by atoms with Crippen molar-refractivity contribution in [1.82, 2.24) is 0 Å². The van der Waals surface area contributed by atoms with Gasteiger partial charge in [0, 0.05) is 0 Å². The Morgan fingerprint density at radius 2 is 1.64 bits per heavy atom. The maximum absolute atomic E-state index is 12.4. The summed E-state index contributed by atoms with van der Waals surface area (Å²) in [5.41, 5.74) is 0. The number of nitrogens with zero attached hydrogens (tertiary/aromatic N) is 2. The molecular weight excluding hydrogens is 166 g/mol. The molecule has 0 amide bonds. The van der Waals surface area contributed by atoms with Gasteiger partial charge in [0.25, 0.3) is 0 Å². The number of rotatable bonds is 4. The standard InChI is InChI=1S/C3H4F2N2O4/c4-2-1-3(5,6(8)9)7(10)11/h1-2H2. The Hall–Kier alpha value is -1.34. The lowest BCUT2D eigenvalue weighted by Gasteiger charge is -2.04. The zero-order valence-electron chi connectivity index (χ0n) is 5.20. The lowest BCUT2D eigenvalue weighted by atomic mass is 10.3. The van der Waals surface area contributed by atoms with E-state index in [1.165, 1.54) is 0 Å². The fourth-order valence-electron chi connectivity index (χ4n) is 0.369. The highest BCUT2D eigenvalue weighted by molar-refractivity contribution is 4.50. The van der Waals surface area contributed by atoms with Crippen molar-refractivity contribution in [2.24, 2.45) is 0 Å². The molecule has 0 aliphatic heterocycles. The van der Waals surface area contributed by atoms with Gasteiger partial charge < -0.3 is 0 Å². The lowest BCUT2D eigenvalue weighted by molar-refractivity contribution is -0.832. The second-order valence-electron chi connectivity index (χ2n) is 1.67. The summed E-state index contributed by atoms with van der Waals surface area (Å²) in [7, 11) is 0. The first-order chi connectivity index (χ1) is 4.95. The van der Waals surface area contributed by atoms with Crippen molar-refractivity contribution < 1.29 is 18.6 Å². The van der Waals surface area contributed by atoms with E-state index in [1.807, 2.05) is 0 Å². The van der Waals surface area contributed by atoms with E-state index in [2.05, 4.69) is 0 Å². The van der Waals surface area contributed by atoms with Crippen molar-refractivity contribution in [1.29, 1.82) is 0 Å². The van der Waals surface area contributed by atoms with E-state index in [-0.39, 0.29) is 0 Å². The van der Waals surface area contributed by atoms with Crippen LogP contribution in [-0.4, -0.2) is 22.4 Å². The van der Waals surface area contributed by atoms with Crippen LogP contribution in [0.25, 0.3) is 0 Å². The molecule has 8 heteroatoms. The first kappa shape index (κ1) is 9.66. The highest BCUT2D eigenvalue weighted by Crippen LogP contribution is 2.17. The normalized spacial score (nSPS) is 11.1. The Morgan fingerprint density at radius 1 is 1.27 bits per heavy atom. The summed E-state index contributed by atoms with van der Waals surface area (Å²) >= 11 is 0. The summed E-state index contributed by atoms with van der Waals surface area (Å²) in [5.74, 6) is -3.88. The molecule has 0 N–H and O–H groups in total. The molecule has 0 saturated heterocycles. The Morgan fingerprint density at radius 3 is 1.73 bits per heavy atom. The van der Waals surface area contributed by atoms with Gasteiger partial charge in [-0.3, -0.25) is 24.6 Å². The van der Waals surface area contributed by atoms with Gasteiger partial charge in [-0.2, -0.15) is 0 Å². The molecule has 0 bridgehead atoms. The molecule has 0 unspecified atom stereocenters. The second-order valence-corrected chi connectivity index (χ2v) is 1.67. The summed E-state index contributed by atoms with van der Waals surface area (Å²) in [6.45, 7) is -1.45. The van der Waals surface area contributed by atoms with Gasteiger partial charge >= 0.3 is 5.92 Å². The fourth-order valence-corrected chi connectivity index (χ4v) is 0.369. The molecule has 0 saturated carbocycles. The summed E-state index contributed by atoms with van der Waals surface area (Å²) in [6, 6.07) is 0. The number of alkyl halides is 2. The third kappa shape index (κ3) is 1.79. The van der Waals surface area contributed by atoms with Crippen molar-refractivity contribution in [3.63, 3.8) is 0 Å².